The maximum atomic E-state index is 2.46. The Morgan fingerprint density at radius 1 is 1.07 bits per heavy atom. The van der Waals surface area contributed by atoms with Crippen LogP contribution in [-0.2, 0) is 0 Å². The third-order valence-electron chi connectivity index (χ3n) is 3.53. The fourth-order valence-corrected chi connectivity index (χ4v) is 3.36. The minimum absolute atomic E-state index is 0.580. The molecular weight excluding hydrogens is 168 g/mol. The fourth-order valence-electron chi connectivity index (χ4n) is 3.36. The van der Waals surface area contributed by atoms with Gasteiger partial charge in [-0.3, -0.25) is 0 Å². The molecule has 0 bridgehead atoms. The second-order valence-corrected chi connectivity index (χ2v) is 6.47. The van der Waals surface area contributed by atoms with Gasteiger partial charge < -0.3 is 0 Å². The molecule has 1 rings (SSSR count). The number of rotatable bonds is 4. The van der Waals surface area contributed by atoms with Crippen LogP contribution in [0.5, 0.6) is 0 Å². The lowest BCUT2D eigenvalue weighted by molar-refractivity contribution is 0.190. The highest BCUT2D eigenvalue weighted by Crippen LogP contribution is 2.37. The first kappa shape index (κ1) is 12.1. The zero-order valence-corrected chi connectivity index (χ0v) is 10.6. The monoisotopic (exact) mass is 196 g/mol. The van der Waals surface area contributed by atoms with Crippen LogP contribution in [0.15, 0.2) is 0 Å². The lowest BCUT2D eigenvalue weighted by atomic mass is 9.73. The summed E-state index contributed by atoms with van der Waals surface area (Å²) in [6, 6.07) is 0. The standard InChI is InChI=1S/C14H28/c1-12(2)10-14(3,4)11-13-8-6-5-7-9-13/h12-13H,5-11H2,1-4H3. The van der Waals surface area contributed by atoms with E-state index in [0.717, 1.165) is 11.8 Å². The van der Waals surface area contributed by atoms with Crippen LogP contribution in [0.1, 0.15) is 72.6 Å². The van der Waals surface area contributed by atoms with Gasteiger partial charge in [0.2, 0.25) is 0 Å². The molecule has 0 saturated heterocycles. The van der Waals surface area contributed by atoms with Crippen LogP contribution in [-0.4, -0.2) is 0 Å². The highest BCUT2D eigenvalue weighted by Gasteiger charge is 2.25. The van der Waals surface area contributed by atoms with Crippen LogP contribution in [0.3, 0.4) is 0 Å². The van der Waals surface area contributed by atoms with Crippen molar-refractivity contribution in [2.45, 2.75) is 72.6 Å². The summed E-state index contributed by atoms with van der Waals surface area (Å²) in [5.41, 5.74) is 0.580. The Kier molecular flexibility index (Phi) is 4.47. The van der Waals surface area contributed by atoms with Gasteiger partial charge in [-0.15, -0.1) is 0 Å². The van der Waals surface area contributed by atoms with Crippen LogP contribution in [0, 0.1) is 17.3 Å². The van der Waals surface area contributed by atoms with Crippen molar-refractivity contribution < 1.29 is 0 Å². The molecule has 0 nitrogen and oxygen atoms in total. The quantitative estimate of drug-likeness (QED) is 0.591. The summed E-state index contributed by atoms with van der Waals surface area (Å²) >= 11 is 0. The van der Waals surface area contributed by atoms with Crippen molar-refractivity contribution in [1.82, 2.24) is 0 Å². The van der Waals surface area contributed by atoms with Gasteiger partial charge in [-0.05, 0) is 30.1 Å². The van der Waals surface area contributed by atoms with E-state index in [4.69, 9.17) is 0 Å². The predicted molar refractivity (Wildman–Crippen MR) is 64.4 cm³/mol. The molecule has 1 aliphatic rings. The first-order chi connectivity index (χ1) is 6.49. The van der Waals surface area contributed by atoms with Gasteiger partial charge in [-0.1, -0.05) is 59.8 Å². The molecule has 0 N–H and O–H groups in total. The van der Waals surface area contributed by atoms with Gasteiger partial charge in [0, 0.05) is 0 Å². The molecule has 0 amide bonds. The van der Waals surface area contributed by atoms with Crippen molar-refractivity contribution in [3.8, 4) is 0 Å². The van der Waals surface area contributed by atoms with Gasteiger partial charge in [-0.2, -0.15) is 0 Å². The molecule has 0 heteroatoms. The Hall–Kier alpha value is 0. The largest absolute Gasteiger partial charge is 0.0628 e. The van der Waals surface area contributed by atoms with Gasteiger partial charge in [0.15, 0.2) is 0 Å². The average molecular weight is 196 g/mol. The Morgan fingerprint density at radius 3 is 2.14 bits per heavy atom. The van der Waals surface area contributed by atoms with Crippen LogP contribution in [0.4, 0.5) is 0 Å². The van der Waals surface area contributed by atoms with Crippen molar-refractivity contribution in [2.75, 3.05) is 0 Å². The Morgan fingerprint density at radius 2 is 1.64 bits per heavy atom. The highest BCUT2D eigenvalue weighted by atomic mass is 14.3. The lowest BCUT2D eigenvalue weighted by Gasteiger charge is -2.33. The van der Waals surface area contributed by atoms with Crippen molar-refractivity contribution in [3.63, 3.8) is 0 Å². The van der Waals surface area contributed by atoms with Gasteiger partial charge in [0.1, 0.15) is 0 Å². The summed E-state index contributed by atoms with van der Waals surface area (Å²) < 4.78 is 0. The van der Waals surface area contributed by atoms with E-state index < -0.39 is 0 Å². The van der Waals surface area contributed by atoms with Gasteiger partial charge >= 0.3 is 0 Å². The van der Waals surface area contributed by atoms with E-state index >= 15 is 0 Å². The van der Waals surface area contributed by atoms with Crippen molar-refractivity contribution in [2.24, 2.45) is 17.3 Å². The second kappa shape index (κ2) is 5.19. The molecule has 0 aromatic heterocycles. The Bertz CT molecular complexity index is 149. The highest BCUT2D eigenvalue weighted by molar-refractivity contribution is 4.76. The van der Waals surface area contributed by atoms with E-state index in [1.807, 2.05) is 0 Å². The summed E-state index contributed by atoms with van der Waals surface area (Å²) in [6.07, 6.45) is 10.3. The molecule has 0 atom stereocenters. The van der Waals surface area contributed by atoms with E-state index in [2.05, 4.69) is 27.7 Å². The van der Waals surface area contributed by atoms with Gasteiger partial charge in [0.25, 0.3) is 0 Å². The number of hydrogen-bond donors (Lipinski definition) is 0. The second-order valence-electron chi connectivity index (χ2n) is 6.47. The third-order valence-corrected chi connectivity index (χ3v) is 3.53. The SMILES string of the molecule is CC(C)CC(C)(C)CC1CCCCC1. The van der Waals surface area contributed by atoms with Gasteiger partial charge in [-0.25, -0.2) is 0 Å². The van der Waals surface area contributed by atoms with E-state index in [0.29, 0.717) is 5.41 Å². The Labute approximate surface area is 90.5 Å². The summed E-state index contributed by atoms with van der Waals surface area (Å²) in [7, 11) is 0. The number of hydrogen-bond acceptors (Lipinski definition) is 0. The fraction of sp³-hybridized carbons (Fsp3) is 1.00. The van der Waals surface area contributed by atoms with E-state index in [1.165, 1.54) is 44.9 Å². The van der Waals surface area contributed by atoms with Crippen molar-refractivity contribution >= 4 is 0 Å². The molecule has 84 valence electrons. The molecule has 0 unspecified atom stereocenters. The molecule has 0 heterocycles. The molecule has 1 saturated carbocycles. The lowest BCUT2D eigenvalue weighted by Crippen LogP contribution is -2.20. The predicted octanol–water partition coefficient (Wildman–Crippen LogP) is 5.03. The maximum absolute atomic E-state index is 2.46. The normalized spacial score (nSPS) is 20.4. The topological polar surface area (TPSA) is 0 Å². The molecule has 0 aromatic carbocycles. The molecule has 0 aromatic rings. The smallest absolute Gasteiger partial charge is 0.0349 e. The summed E-state index contributed by atoms with van der Waals surface area (Å²) in [5, 5.41) is 0. The minimum atomic E-state index is 0.580. The first-order valence-electron chi connectivity index (χ1n) is 6.49. The first-order valence-corrected chi connectivity index (χ1v) is 6.49. The molecule has 14 heavy (non-hydrogen) atoms. The summed E-state index contributed by atoms with van der Waals surface area (Å²) in [5.74, 6) is 1.89. The van der Waals surface area contributed by atoms with Crippen LogP contribution in [0.2, 0.25) is 0 Å². The van der Waals surface area contributed by atoms with Crippen LogP contribution in [0.25, 0.3) is 0 Å². The van der Waals surface area contributed by atoms with Crippen LogP contribution < -0.4 is 0 Å². The van der Waals surface area contributed by atoms with E-state index in [-0.39, 0.29) is 0 Å². The summed E-state index contributed by atoms with van der Waals surface area (Å²) in [4.78, 5) is 0. The Balaban J connectivity index is 2.32. The third kappa shape index (κ3) is 4.48. The summed E-state index contributed by atoms with van der Waals surface area (Å²) in [6.45, 7) is 9.62. The molecule has 0 spiro atoms. The van der Waals surface area contributed by atoms with Gasteiger partial charge in [0.05, 0.1) is 0 Å². The zero-order valence-electron chi connectivity index (χ0n) is 10.6. The zero-order chi connectivity index (χ0) is 10.6. The van der Waals surface area contributed by atoms with Crippen LogP contribution >= 0.6 is 0 Å². The molecular formula is C14H28. The van der Waals surface area contributed by atoms with E-state index in [9.17, 15) is 0 Å². The van der Waals surface area contributed by atoms with Crippen molar-refractivity contribution in [3.05, 3.63) is 0 Å². The maximum Gasteiger partial charge on any atom is -0.0349 e. The molecule has 0 radical (unpaired) electrons. The molecule has 1 fully saturated rings. The van der Waals surface area contributed by atoms with E-state index in [1.54, 1.807) is 0 Å². The van der Waals surface area contributed by atoms with Crippen molar-refractivity contribution in [1.29, 1.82) is 0 Å². The molecule has 1 aliphatic carbocycles. The average Bonchev–Trinajstić information content (AvgIpc) is 2.02. The minimum Gasteiger partial charge on any atom is -0.0628 e. The molecule has 0 aliphatic heterocycles.